The molecule has 0 fully saturated rings. The summed E-state index contributed by atoms with van der Waals surface area (Å²) in [6.45, 7) is 5.78. The van der Waals surface area contributed by atoms with Crippen LogP contribution in [0.3, 0.4) is 0 Å². The van der Waals surface area contributed by atoms with E-state index >= 15 is 0 Å². The quantitative estimate of drug-likeness (QED) is 0.629. The van der Waals surface area contributed by atoms with Crippen LogP contribution in [0.5, 0.6) is 11.5 Å². The van der Waals surface area contributed by atoms with Crippen molar-refractivity contribution in [2.45, 2.75) is 20.8 Å². The molecule has 0 aliphatic rings. The van der Waals surface area contributed by atoms with Crippen LogP contribution in [0.1, 0.15) is 16.7 Å². The minimum Gasteiger partial charge on any atom is -0.482 e. The Morgan fingerprint density at radius 3 is 2.30 bits per heavy atom. The molecule has 3 nitrogen and oxygen atoms in total. The van der Waals surface area contributed by atoms with E-state index in [1.54, 1.807) is 6.07 Å². The third-order valence-corrected chi connectivity index (χ3v) is 2.87. The van der Waals surface area contributed by atoms with Gasteiger partial charge in [0.15, 0.2) is 6.61 Å². The molecular formula is C17H18O3. The zero-order valence-corrected chi connectivity index (χ0v) is 12.0. The van der Waals surface area contributed by atoms with Gasteiger partial charge in [-0.25, -0.2) is 4.79 Å². The van der Waals surface area contributed by atoms with E-state index in [4.69, 9.17) is 9.47 Å². The topological polar surface area (TPSA) is 35.5 Å². The third-order valence-electron chi connectivity index (χ3n) is 2.87. The van der Waals surface area contributed by atoms with Crippen LogP contribution in [0.15, 0.2) is 42.5 Å². The first-order valence-corrected chi connectivity index (χ1v) is 6.52. The largest absolute Gasteiger partial charge is 0.482 e. The molecule has 0 radical (unpaired) electrons. The van der Waals surface area contributed by atoms with E-state index in [0.29, 0.717) is 11.5 Å². The highest BCUT2D eigenvalue weighted by Crippen LogP contribution is 2.18. The van der Waals surface area contributed by atoms with E-state index in [0.717, 1.165) is 16.7 Å². The normalized spacial score (nSPS) is 10.2. The van der Waals surface area contributed by atoms with E-state index < -0.39 is 5.97 Å². The Hall–Kier alpha value is -2.29. The molecule has 0 unspecified atom stereocenters. The lowest BCUT2D eigenvalue weighted by atomic mass is 10.1. The lowest BCUT2D eigenvalue weighted by Crippen LogP contribution is -2.18. The summed E-state index contributed by atoms with van der Waals surface area (Å²) in [7, 11) is 0. The van der Waals surface area contributed by atoms with Crippen molar-refractivity contribution in [2.24, 2.45) is 0 Å². The van der Waals surface area contributed by atoms with E-state index in [1.807, 2.05) is 51.1 Å². The fourth-order valence-corrected chi connectivity index (χ4v) is 1.98. The molecule has 0 saturated heterocycles. The first-order valence-electron chi connectivity index (χ1n) is 6.52. The van der Waals surface area contributed by atoms with Crippen molar-refractivity contribution in [1.82, 2.24) is 0 Å². The summed E-state index contributed by atoms with van der Waals surface area (Å²) in [5.41, 5.74) is 3.13. The number of rotatable bonds is 4. The van der Waals surface area contributed by atoms with Crippen molar-refractivity contribution < 1.29 is 14.3 Å². The molecule has 0 aliphatic heterocycles. The zero-order valence-electron chi connectivity index (χ0n) is 12.0. The van der Waals surface area contributed by atoms with Crippen molar-refractivity contribution in [3.63, 3.8) is 0 Å². The van der Waals surface area contributed by atoms with Crippen molar-refractivity contribution in [3.8, 4) is 11.5 Å². The molecule has 104 valence electrons. The molecule has 0 amide bonds. The average Bonchev–Trinajstić information content (AvgIpc) is 2.38. The smallest absolute Gasteiger partial charge is 0.349 e. The SMILES string of the molecule is Cc1cc(C)cc(OCC(=O)Oc2ccccc2C)c1. The van der Waals surface area contributed by atoms with Gasteiger partial charge in [0.05, 0.1) is 0 Å². The predicted octanol–water partition coefficient (Wildman–Crippen LogP) is 3.60. The number of aryl methyl sites for hydroxylation is 3. The Kier molecular flexibility index (Phi) is 4.41. The first kappa shape index (κ1) is 14.1. The van der Waals surface area contributed by atoms with Crippen LogP contribution in [-0.2, 0) is 4.79 Å². The summed E-state index contributed by atoms with van der Waals surface area (Å²) in [6.07, 6.45) is 0. The Bertz CT molecular complexity index is 597. The van der Waals surface area contributed by atoms with Gasteiger partial charge < -0.3 is 9.47 Å². The Balaban J connectivity index is 1.94. The van der Waals surface area contributed by atoms with Gasteiger partial charge in [-0.05, 0) is 55.7 Å². The van der Waals surface area contributed by atoms with Gasteiger partial charge in [-0.2, -0.15) is 0 Å². The molecule has 2 aromatic carbocycles. The van der Waals surface area contributed by atoms with Crippen LogP contribution in [0.2, 0.25) is 0 Å². The number of esters is 1. The molecule has 0 aliphatic carbocycles. The van der Waals surface area contributed by atoms with Crippen molar-refractivity contribution in [3.05, 3.63) is 59.2 Å². The van der Waals surface area contributed by atoms with Gasteiger partial charge in [-0.15, -0.1) is 0 Å². The molecule has 3 heteroatoms. The highest BCUT2D eigenvalue weighted by atomic mass is 16.6. The van der Waals surface area contributed by atoms with Gasteiger partial charge >= 0.3 is 5.97 Å². The van der Waals surface area contributed by atoms with E-state index in [-0.39, 0.29) is 6.61 Å². The molecule has 0 N–H and O–H groups in total. The molecule has 0 aromatic heterocycles. The third kappa shape index (κ3) is 3.85. The Morgan fingerprint density at radius 1 is 1.00 bits per heavy atom. The number of ether oxygens (including phenoxy) is 2. The predicted molar refractivity (Wildman–Crippen MR) is 78.2 cm³/mol. The highest BCUT2D eigenvalue weighted by molar-refractivity contribution is 5.74. The van der Waals surface area contributed by atoms with Gasteiger partial charge in [0.2, 0.25) is 0 Å². The Labute approximate surface area is 119 Å². The van der Waals surface area contributed by atoms with Crippen molar-refractivity contribution in [2.75, 3.05) is 6.61 Å². The van der Waals surface area contributed by atoms with Crippen LogP contribution in [0.25, 0.3) is 0 Å². The number of hydrogen-bond acceptors (Lipinski definition) is 3. The maximum absolute atomic E-state index is 11.8. The lowest BCUT2D eigenvalue weighted by Gasteiger charge is -2.09. The second-order valence-corrected chi connectivity index (χ2v) is 4.85. The van der Waals surface area contributed by atoms with E-state index in [1.165, 1.54) is 0 Å². The lowest BCUT2D eigenvalue weighted by molar-refractivity contribution is -0.136. The van der Waals surface area contributed by atoms with Crippen LogP contribution >= 0.6 is 0 Å². The highest BCUT2D eigenvalue weighted by Gasteiger charge is 2.08. The second-order valence-electron chi connectivity index (χ2n) is 4.85. The van der Waals surface area contributed by atoms with Gasteiger partial charge in [0, 0.05) is 0 Å². The summed E-state index contributed by atoms with van der Waals surface area (Å²) in [6, 6.07) is 13.2. The van der Waals surface area contributed by atoms with Crippen molar-refractivity contribution >= 4 is 5.97 Å². The summed E-state index contributed by atoms with van der Waals surface area (Å²) >= 11 is 0. The molecule has 2 rings (SSSR count). The average molecular weight is 270 g/mol. The van der Waals surface area contributed by atoms with Gasteiger partial charge in [-0.3, -0.25) is 0 Å². The summed E-state index contributed by atoms with van der Waals surface area (Å²) in [4.78, 5) is 11.8. The molecule has 0 saturated carbocycles. The molecule has 0 atom stereocenters. The molecule has 0 spiro atoms. The van der Waals surface area contributed by atoms with Crippen LogP contribution in [0.4, 0.5) is 0 Å². The molecule has 0 bridgehead atoms. The minimum absolute atomic E-state index is 0.1000. The number of para-hydroxylation sites is 1. The summed E-state index contributed by atoms with van der Waals surface area (Å²) in [5, 5.41) is 0. The van der Waals surface area contributed by atoms with Crippen LogP contribution < -0.4 is 9.47 Å². The summed E-state index contributed by atoms with van der Waals surface area (Å²) < 4.78 is 10.7. The fourth-order valence-electron chi connectivity index (χ4n) is 1.98. The molecule has 0 heterocycles. The number of carbonyl (C=O) groups excluding carboxylic acids is 1. The van der Waals surface area contributed by atoms with Gasteiger partial charge in [-0.1, -0.05) is 24.3 Å². The standard InChI is InChI=1S/C17H18O3/c1-12-8-13(2)10-15(9-12)19-11-17(18)20-16-7-5-4-6-14(16)3/h4-10H,11H2,1-3H3. The summed E-state index contributed by atoms with van der Waals surface area (Å²) in [5.74, 6) is 0.851. The van der Waals surface area contributed by atoms with Crippen LogP contribution in [0, 0.1) is 20.8 Å². The van der Waals surface area contributed by atoms with E-state index in [9.17, 15) is 4.79 Å². The number of carbonyl (C=O) groups is 1. The Morgan fingerprint density at radius 2 is 1.65 bits per heavy atom. The van der Waals surface area contributed by atoms with E-state index in [2.05, 4.69) is 6.07 Å². The first-order chi connectivity index (χ1) is 9.54. The van der Waals surface area contributed by atoms with Gasteiger partial charge in [0.1, 0.15) is 11.5 Å². The monoisotopic (exact) mass is 270 g/mol. The second kappa shape index (κ2) is 6.24. The zero-order chi connectivity index (χ0) is 14.5. The van der Waals surface area contributed by atoms with Crippen LogP contribution in [-0.4, -0.2) is 12.6 Å². The molecule has 20 heavy (non-hydrogen) atoms. The number of hydrogen-bond donors (Lipinski definition) is 0. The number of benzene rings is 2. The maximum atomic E-state index is 11.8. The van der Waals surface area contributed by atoms with Crippen molar-refractivity contribution in [1.29, 1.82) is 0 Å². The molecule has 2 aromatic rings. The molecular weight excluding hydrogens is 252 g/mol. The minimum atomic E-state index is -0.404. The van der Waals surface area contributed by atoms with Gasteiger partial charge in [0.25, 0.3) is 0 Å². The maximum Gasteiger partial charge on any atom is 0.349 e. The fraction of sp³-hybridized carbons (Fsp3) is 0.235.